The van der Waals surface area contributed by atoms with E-state index in [4.69, 9.17) is 16.1 Å². The van der Waals surface area contributed by atoms with Crippen LogP contribution in [0, 0.1) is 6.92 Å². The molecular formula is C17H14ClN3O4S. The molecule has 1 heterocycles. The molecule has 0 spiro atoms. The molecule has 134 valence electrons. The largest absolute Gasteiger partial charge is 0.360 e. The summed E-state index contributed by atoms with van der Waals surface area (Å²) in [5.74, 6) is -0.00926. The zero-order valence-electron chi connectivity index (χ0n) is 13.6. The van der Waals surface area contributed by atoms with Crippen LogP contribution in [0.2, 0.25) is 5.02 Å². The molecule has 3 aromatic rings. The number of amides is 1. The van der Waals surface area contributed by atoms with E-state index >= 15 is 0 Å². The minimum absolute atomic E-state index is 0.0368. The molecule has 0 aliphatic carbocycles. The first-order valence-corrected chi connectivity index (χ1v) is 9.33. The van der Waals surface area contributed by atoms with Gasteiger partial charge in [-0.15, -0.1) is 0 Å². The van der Waals surface area contributed by atoms with Gasteiger partial charge < -0.3 is 9.84 Å². The lowest BCUT2D eigenvalue weighted by molar-refractivity contribution is 0.102. The SMILES string of the molecule is Cc1cc(NS(=O)(=O)c2ccc(Cl)c(C(=O)Nc3ccccc3)c2)no1. The third-order valence-electron chi connectivity index (χ3n) is 3.39. The summed E-state index contributed by atoms with van der Waals surface area (Å²) in [4.78, 5) is 12.3. The number of aryl methyl sites for hydroxylation is 1. The van der Waals surface area contributed by atoms with Crippen molar-refractivity contribution in [2.24, 2.45) is 0 Å². The number of para-hydroxylation sites is 1. The highest BCUT2D eigenvalue weighted by Crippen LogP contribution is 2.23. The lowest BCUT2D eigenvalue weighted by Gasteiger charge is -2.10. The summed E-state index contributed by atoms with van der Waals surface area (Å²) in [7, 11) is -3.96. The molecule has 0 bridgehead atoms. The fraction of sp³-hybridized carbons (Fsp3) is 0.0588. The molecule has 2 N–H and O–H groups in total. The van der Waals surface area contributed by atoms with Crippen molar-refractivity contribution < 1.29 is 17.7 Å². The van der Waals surface area contributed by atoms with Crippen LogP contribution in [0.1, 0.15) is 16.1 Å². The van der Waals surface area contributed by atoms with Crippen molar-refractivity contribution in [2.75, 3.05) is 10.0 Å². The molecule has 0 saturated heterocycles. The summed E-state index contributed by atoms with van der Waals surface area (Å²) in [6.07, 6.45) is 0. The van der Waals surface area contributed by atoms with Gasteiger partial charge in [-0.05, 0) is 37.3 Å². The predicted molar refractivity (Wildman–Crippen MR) is 97.9 cm³/mol. The minimum Gasteiger partial charge on any atom is -0.360 e. The van der Waals surface area contributed by atoms with E-state index in [0.29, 0.717) is 11.4 Å². The summed E-state index contributed by atoms with van der Waals surface area (Å²) in [5.41, 5.74) is 0.604. The molecule has 7 nitrogen and oxygen atoms in total. The van der Waals surface area contributed by atoms with Crippen molar-refractivity contribution in [3.8, 4) is 0 Å². The van der Waals surface area contributed by atoms with Crippen LogP contribution in [0.4, 0.5) is 11.5 Å². The first-order valence-electron chi connectivity index (χ1n) is 7.47. The van der Waals surface area contributed by atoms with E-state index in [0.717, 1.165) is 0 Å². The summed E-state index contributed by atoms with van der Waals surface area (Å²) in [5, 5.41) is 6.39. The molecule has 9 heteroatoms. The Bertz CT molecular complexity index is 1050. The maximum absolute atomic E-state index is 12.5. The highest BCUT2D eigenvalue weighted by Gasteiger charge is 2.20. The van der Waals surface area contributed by atoms with Gasteiger partial charge in [-0.25, -0.2) is 8.42 Å². The highest BCUT2D eigenvalue weighted by molar-refractivity contribution is 7.92. The van der Waals surface area contributed by atoms with E-state index in [-0.39, 0.29) is 21.3 Å². The zero-order valence-corrected chi connectivity index (χ0v) is 15.1. The number of benzene rings is 2. The van der Waals surface area contributed by atoms with Gasteiger partial charge in [0.2, 0.25) is 0 Å². The van der Waals surface area contributed by atoms with Crippen molar-refractivity contribution in [1.29, 1.82) is 0 Å². The first kappa shape index (κ1) is 18.0. The number of sulfonamides is 1. The Morgan fingerprint density at radius 2 is 1.85 bits per heavy atom. The molecule has 0 radical (unpaired) electrons. The molecule has 0 aliphatic heterocycles. The second kappa shape index (κ2) is 7.19. The van der Waals surface area contributed by atoms with Gasteiger partial charge in [0.25, 0.3) is 15.9 Å². The number of hydrogen-bond donors (Lipinski definition) is 2. The van der Waals surface area contributed by atoms with Crippen molar-refractivity contribution in [3.05, 3.63) is 70.9 Å². The molecule has 0 saturated carbocycles. The van der Waals surface area contributed by atoms with Gasteiger partial charge in [-0.3, -0.25) is 9.52 Å². The summed E-state index contributed by atoms with van der Waals surface area (Å²) in [6.45, 7) is 1.64. The van der Waals surface area contributed by atoms with Crippen molar-refractivity contribution in [2.45, 2.75) is 11.8 Å². The average Bonchev–Trinajstić information content (AvgIpc) is 3.00. The van der Waals surface area contributed by atoms with Crippen LogP contribution in [0.3, 0.4) is 0 Å². The molecule has 1 aromatic heterocycles. The first-order chi connectivity index (χ1) is 12.3. The predicted octanol–water partition coefficient (Wildman–Crippen LogP) is 3.69. The monoisotopic (exact) mass is 391 g/mol. The van der Waals surface area contributed by atoms with Crippen LogP contribution < -0.4 is 10.0 Å². The Morgan fingerprint density at radius 3 is 2.50 bits per heavy atom. The number of nitrogens with one attached hydrogen (secondary N) is 2. The number of nitrogens with zero attached hydrogens (tertiary/aromatic N) is 1. The Hall–Kier alpha value is -2.84. The van der Waals surface area contributed by atoms with E-state index in [1.54, 1.807) is 31.2 Å². The third-order valence-corrected chi connectivity index (χ3v) is 5.07. The number of aromatic nitrogens is 1. The number of rotatable bonds is 5. The molecule has 3 rings (SSSR count). The number of carbonyl (C=O) groups is 1. The fourth-order valence-electron chi connectivity index (χ4n) is 2.18. The number of carbonyl (C=O) groups excluding carboxylic acids is 1. The Balaban J connectivity index is 1.88. The van der Waals surface area contributed by atoms with E-state index in [2.05, 4.69) is 15.2 Å². The topological polar surface area (TPSA) is 101 Å². The standard InChI is InChI=1S/C17H14ClN3O4S/c1-11-9-16(20-25-11)21-26(23,24)13-7-8-15(18)14(10-13)17(22)19-12-5-3-2-4-6-12/h2-10H,1H3,(H,19,22)(H,20,21). The van der Waals surface area contributed by atoms with Crippen LogP contribution in [0.15, 0.2) is 64.0 Å². The molecule has 2 aromatic carbocycles. The lowest BCUT2D eigenvalue weighted by atomic mass is 10.2. The van der Waals surface area contributed by atoms with Gasteiger partial charge in [0.05, 0.1) is 15.5 Å². The van der Waals surface area contributed by atoms with Crippen LogP contribution in [0.25, 0.3) is 0 Å². The fourth-order valence-corrected chi connectivity index (χ4v) is 3.39. The van der Waals surface area contributed by atoms with Crippen LogP contribution in [-0.2, 0) is 10.0 Å². The molecule has 0 fully saturated rings. The number of hydrogen-bond acceptors (Lipinski definition) is 5. The van der Waals surface area contributed by atoms with Crippen LogP contribution >= 0.6 is 11.6 Å². The smallest absolute Gasteiger partial charge is 0.263 e. The minimum atomic E-state index is -3.96. The lowest BCUT2D eigenvalue weighted by Crippen LogP contribution is -2.16. The zero-order chi connectivity index (χ0) is 18.7. The van der Waals surface area contributed by atoms with E-state index in [1.165, 1.54) is 24.3 Å². The van der Waals surface area contributed by atoms with Crippen molar-refractivity contribution >= 4 is 39.0 Å². The molecular weight excluding hydrogens is 378 g/mol. The highest BCUT2D eigenvalue weighted by atomic mass is 35.5. The van der Waals surface area contributed by atoms with E-state index in [1.807, 2.05) is 6.07 Å². The normalized spacial score (nSPS) is 11.2. The number of anilines is 2. The van der Waals surface area contributed by atoms with Gasteiger partial charge in [-0.2, -0.15) is 0 Å². The number of halogens is 1. The summed E-state index contributed by atoms with van der Waals surface area (Å²) in [6, 6.07) is 14.1. The Labute approximate surface area is 155 Å². The van der Waals surface area contributed by atoms with Gasteiger partial charge in [-0.1, -0.05) is 35.0 Å². The second-order valence-electron chi connectivity index (χ2n) is 5.39. The summed E-state index contributed by atoms with van der Waals surface area (Å²) < 4.78 is 32.1. The molecule has 0 aliphatic rings. The molecule has 1 amide bonds. The molecule has 26 heavy (non-hydrogen) atoms. The quantitative estimate of drug-likeness (QED) is 0.690. The molecule has 0 atom stereocenters. The van der Waals surface area contributed by atoms with Crippen molar-refractivity contribution in [3.63, 3.8) is 0 Å². The van der Waals surface area contributed by atoms with Crippen LogP contribution in [-0.4, -0.2) is 19.5 Å². The van der Waals surface area contributed by atoms with Gasteiger partial charge >= 0.3 is 0 Å². The van der Waals surface area contributed by atoms with Gasteiger partial charge in [0, 0.05) is 11.8 Å². The van der Waals surface area contributed by atoms with E-state index in [9.17, 15) is 13.2 Å². The van der Waals surface area contributed by atoms with Gasteiger partial charge in [0.15, 0.2) is 5.82 Å². The maximum atomic E-state index is 12.5. The molecule has 0 unspecified atom stereocenters. The van der Waals surface area contributed by atoms with Crippen LogP contribution in [0.5, 0.6) is 0 Å². The maximum Gasteiger partial charge on any atom is 0.263 e. The Morgan fingerprint density at radius 1 is 1.12 bits per heavy atom. The summed E-state index contributed by atoms with van der Waals surface area (Å²) >= 11 is 6.07. The van der Waals surface area contributed by atoms with E-state index < -0.39 is 15.9 Å². The second-order valence-corrected chi connectivity index (χ2v) is 7.48. The third kappa shape index (κ3) is 4.04. The Kier molecular flexibility index (Phi) is 4.97. The average molecular weight is 392 g/mol. The van der Waals surface area contributed by atoms with Gasteiger partial charge in [0.1, 0.15) is 5.76 Å². The van der Waals surface area contributed by atoms with Crippen molar-refractivity contribution in [1.82, 2.24) is 5.16 Å².